The highest BCUT2D eigenvalue weighted by Gasteiger charge is 2.40. The number of nitrogens with one attached hydrogen (secondary N) is 1. The van der Waals surface area contributed by atoms with Gasteiger partial charge in [0, 0.05) is 19.6 Å². The Labute approximate surface area is 80.7 Å². The molecule has 0 aromatic rings. The fourth-order valence-electron chi connectivity index (χ4n) is 1.60. The van der Waals surface area contributed by atoms with E-state index in [1.54, 1.807) is 0 Å². The summed E-state index contributed by atoms with van der Waals surface area (Å²) in [5.41, 5.74) is 0.435. The van der Waals surface area contributed by atoms with Crippen molar-refractivity contribution in [2.45, 2.75) is 32.1 Å². The van der Waals surface area contributed by atoms with E-state index in [0.717, 1.165) is 32.4 Å². The first kappa shape index (κ1) is 10.6. The fraction of sp³-hybridized carbons (Fsp3) is 0.818. The summed E-state index contributed by atoms with van der Waals surface area (Å²) in [5.74, 6) is 2.63. The van der Waals surface area contributed by atoms with E-state index in [1.165, 1.54) is 12.8 Å². The Kier molecular flexibility index (Phi) is 4.27. The summed E-state index contributed by atoms with van der Waals surface area (Å²) in [6.45, 7) is 2.39. The maximum absolute atomic E-state index is 8.83. The zero-order valence-electron chi connectivity index (χ0n) is 8.18. The van der Waals surface area contributed by atoms with Crippen LogP contribution in [-0.4, -0.2) is 24.8 Å². The molecular formula is C11H19NO. The van der Waals surface area contributed by atoms with Gasteiger partial charge >= 0.3 is 0 Å². The van der Waals surface area contributed by atoms with Gasteiger partial charge in [0.2, 0.25) is 0 Å². The number of rotatable bonds is 7. The fourth-order valence-corrected chi connectivity index (χ4v) is 1.60. The average Bonchev–Trinajstić information content (AvgIpc) is 2.86. The van der Waals surface area contributed by atoms with Crippen molar-refractivity contribution in [3.05, 3.63) is 0 Å². The molecule has 2 nitrogen and oxygen atoms in total. The molecule has 74 valence electrons. The van der Waals surface area contributed by atoms with E-state index in [2.05, 4.69) is 11.2 Å². The van der Waals surface area contributed by atoms with Gasteiger partial charge in [-0.15, -0.1) is 12.3 Å². The van der Waals surface area contributed by atoms with E-state index in [0.29, 0.717) is 12.0 Å². The lowest BCUT2D eigenvalue weighted by Crippen LogP contribution is -2.25. The Morgan fingerprint density at radius 2 is 2.23 bits per heavy atom. The summed E-state index contributed by atoms with van der Waals surface area (Å²) in [5, 5.41) is 12.2. The Morgan fingerprint density at radius 3 is 2.77 bits per heavy atom. The molecule has 1 rings (SSSR count). The average molecular weight is 181 g/mol. The van der Waals surface area contributed by atoms with Crippen molar-refractivity contribution < 1.29 is 5.11 Å². The van der Waals surface area contributed by atoms with Crippen LogP contribution in [0, 0.1) is 17.8 Å². The lowest BCUT2D eigenvalue weighted by molar-refractivity contribution is 0.245. The van der Waals surface area contributed by atoms with Gasteiger partial charge in [-0.25, -0.2) is 0 Å². The van der Waals surface area contributed by atoms with Gasteiger partial charge in [0.05, 0.1) is 0 Å². The van der Waals surface area contributed by atoms with Crippen molar-refractivity contribution in [2.75, 3.05) is 19.7 Å². The third kappa shape index (κ3) is 3.80. The molecule has 0 radical (unpaired) electrons. The van der Waals surface area contributed by atoms with Crippen LogP contribution in [0.2, 0.25) is 0 Å². The van der Waals surface area contributed by atoms with E-state index in [9.17, 15) is 0 Å². The van der Waals surface area contributed by atoms with Crippen molar-refractivity contribution in [3.8, 4) is 12.3 Å². The third-order valence-electron chi connectivity index (χ3n) is 2.77. The zero-order chi connectivity index (χ0) is 9.57. The second kappa shape index (κ2) is 5.26. The first-order chi connectivity index (χ1) is 6.33. The van der Waals surface area contributed by atoms with Crippen molar-refractivity contribution in [2.24, 2.45) is 5.41 Å². The summed E-state index contributed by atoms with van der Waals surface area (Å²) in [4.78, 5) is 0. The summed E-state index contributed by atoms with van der Waals surface area (Å²) < 4.78 is 0. The van der Waals surface area contributed by atoms with Crippen LogP contribution in [0.3, 0.4) is 0 Å². The van der Waals surface area contributed by atoms with Gasteiger partial charge in [-0.3, -0.25) is 0 Å². The van der Waals surface area contributed by atoms with E-state index in [1.807, 2.05) is 0 Å². The Hall–Kier alpha value is -0.520. The SMILES string of the molecule is C#CCCCNCC1(CCO)CC1. The molecule has 1 aliphatic carbocycles. The van der Waals surface area contributed by atoms with Crippen LogP contribution < -0.4 is 5.32 Å². The van der Waals surface area contributed by atoms with E-state index >= 15 is 0 Å². The molecule has 0 unspecified atom stereocenters. The number of hydrogen-bond donors (Lipinski definition) is 2. The van der Waals surface area contributed by atoms with Gasteiger partial charge in [-0.1, -0.05) is 0 Å². The Balaban J connectivity index is 1.96. The van der Waals surface area contributed by atoms with Crippen LogP contribution in [0.1, 0.15) is 32.1 Å². The maximum atomic E-state index is 8.83. The molecule has 0 spiro atoms. The molecule has 0 bridgehead atoms. The number of aliphatic hydroxyl groups is 1. The van der Waals surface area contributed by atoms with Gasteiger partial charge < -0.3 is 10.4 Å². The molecule has 1 fully saturated rings. The highest BCUT2D eigenvalue weighted by atomic mass is 16.3. The normalized spacial score (nSPS) is 18.2. The van der Waals surface area contributed by atoms with E-state index in [-0.39, 0.29) is 0 Å². The number of terminal acetylenes is 1. The molecule has 0 amide bonds. The van der Waals surface area contributed by atoms with Crippen LogP contribution >= 0.6 is 0 Å². The predicted octanol–water partition coefficient (Wildman–Crippen LogP) is 1.15. The minimum absolute atomic E-state index is 0.325. The zero-order valence-corrected chi connectivity index (χ0v) is 8.18. The van der Waals surface area contributed by atoms with Crippen molar-refractivity contribution in [1.29, 1.82) is 0 Å². The molecule has 1 saturated carbocycles. The summed E-state index contributed by atoms with van der Waals surface area (Å²) in [6.07, 6.45) is 10.6. The molecule has 0 heterocycles. The second-order valence-electron chi connectivity index (χ2n) is 3.96. The first-order valence-electron chi connectivity index (χ1n) is 5.08. The van der Waals surface area contributed by atoms with Gasteiger partial charge in [0.1, 0.15) is 0 Å². The summed E-state index contributed by atoms with van der Waals surface area (Å²) in [6, 6.07) is 0. The molecule has 0 saturated heterocycles. The van der Waals surface area contributed by atoms with Crippen LogP contribution in [0.4, 0.5) is 0 Å². The second-order valence-corrected chi connectivity index (χ2v) is 3.96. The van der Waals surface area contributed by atoms with Crippen molar-refractivity contribution in [1.82, 2.24) is 5.32 Å². The minimum atomic E-state index is 0.325. The van der Waals surface area contributed by atoms with E-state index < -0.39 is 0 Å². The molecular weight excluding hydrogens is 162 g/mol. The lowest BCUT2D eigenvalue weighted by Gasteiger charge is -2.13. The van der Waals surface area contributed by atoms with Gasteiger partial charge in [-0.05, 0) is 37.6 Å². The lowest BCUT2D eigenvalue weighted by atomic mass is 10.0. The van der Waals surface area contributed by atoms with Crippen molar-refractivity contribution >= 4 is 0 Å². The maximum Gasteiger partial charge on any atom is 0.0436 e. The minimum Gasteiger partial charge on any atom is -0.396 e. The van der Waals surface area contributed by atoms with Gasteiger partial charge in [-0.2, -0.15) is 0 Å². The molecule has 1 aliphatic rings. The highest BCUT2D eigenvalue weighted by molar-refractivity contribution is 4.94. The smallest absolute Gasteiger partial charge is 0.0436 e. The summed E-state index contributed by atoms with van der Waals surface area (Å²) >= 11 is 0. The van der Waals surface area contributed by atoms with Crippen LogP contribution in [0.15, 0.2) is 0 Å². The highest BCUT2D eigenvalue weighted by Crippen LogP contribution is 2.47. The van der Waals surface area contributed by atoms with Crippen LogP contribution in [-0.2, 0) is 0 Å². The summed E-state index contributed by atoms with van der Waals surface area (Å²) in [7, 11) is 0. The van der Waals surface area contributed by atoms with Crippen LogP contribution in [0.5, 0.6) is 0 Å². The largest absolute Gasteiger partial charge is 0.396 e. The topological polar surface area (TPSA) is 32.3 Å². The van der Waals surface area contributed by atoms with Gasteiger partial charge in [0.15, 0.2) is 0 Å². The molecule has 0 atom stereocenters. The standard InChI is InChI=1S/C11H19NO/c1-2-3-4-8-12-10-11(5-6-11)7-9-13/h1,12-13H,3-10H2. The monoisotopic (exact) mass is 181 g/mol. The molecule has 2 heteroatoms. The third-order valence-corrected chi connectivity index (χ3v) is 2.77. The molecule has 2 N–H and O–H groups in total. The van der Waals surface area contributed by atoms with Crippen molar-refractivity contribution in [3.63, 3.8) is 0 Å². The number of unbranched alkanes of at least 4 members (excludes halogenated alkanes) is 1. The first-order valence-corrected chi connectivity index (χ1v) is 5.08. The number of hydrogen-bond acceptors (Lipinski definition) is 2. The predicted molar refractivity (Wildman–Crippen MR) is 54.3 cm³/mol. The molecule has 13 heavy (non-hydrogen) atoms. The van der Waals surface area contributed by atoms with E-state index in [4.69, 9.17) is 11.5 Å². The van der Waals surface area contributed by atoms with Crippen LogP contribution in [0.25, 0.3) is 0 Å². The molecule has 0 aromatic heterocycles. The Morgan fingerprint density at radius 1 is 1.46 bits per heavy atom. The molecule has 0 aromatic carbocycles. The van der Waals surface area contributed by atoms with Gasteiger partial charge in [0.25, 0.3) is 0 Å². The molecule has 0 aliphatic heterocycles. The quantitative estimate of drug-likeness (QED) is 0.456. The number of aliphatic hydroxyl groups excluding tert-OH is 1. The Bertz CT molecular complexity index is 179.